The Balaban J connectivity index is 1.77. The number of hydrogen-bond acceptors (Lipinski definition) is 3. The van der Waals surface area contributed by atoms with Gasteiger partial charge in [-0.15, -0.1) is 11.3 Å². The average molecular weight is 303 g/mol. The van der Waals surface area contributed by atoms with E-state index in [-0.39, 0.29) is 0 Å². The van der Waals surface area contributed by atoms with Crippen molar-refractivity contribution in [2.24, 2.45) is 0 Å². The first-order chi connectivity index (χ1) is 9.74. The van der Waals surface area contributed by atoms with Crippen LogP contribution >= 0.6 is 22.9 Å². The molecule has 0 bridgehead atoms. The third-order valence-corrected chi connectivity index (χ3v) is 4.80. The van der Waals surface area contributed by atoms with Gasteiger partial charge in [0.25, 0.3) is 0 Å². The Labute approximate surface area is 127 Å². The third-order valence-electron chi connectivity index (χ3n) is 3.39. The van der Waals surface area contributed by atoms with Crippen LogP contribution in [0.25, 0.3) is 10.8 Å². The highest BCUT2D eigenvalue weighted by atomic mass is 35.5. The molecule has 0 amide bonds. The number of rotatable bonds is 4. The van der Waals surface area contributed by atoms with Gasteiger partial charge >= 0.3 is 0 Å². The second kappa shape index (κ2) is 5.92. The predicted octanol–water partition coefficient (Wildman–Crippen LogP) is 4.80. The molecule has 0 spiro atoms. The van der Waals surface area contributed by atoms with Gasteiger partial charge in [0.15, 0.2) is 0 Å². The van der Waals surface area contributed by atoms with Crippen LogP contribution < -0.4 is 5.32 Å². The molecule has 102 valence electrons. The first-order valence-corrected chi connectivity index (χ1v) is 7.74. The monoisotopic (exact) mass is 302 g/mol. The molecule has 20 heavy (non-hydrogen) atoms. The second-order valence-electron chi connectivity index (χ2n) is 4.76. The van der Waals surface area contributed by atoms with Crippen LogP contribution in [0.15, 0.2) is 48.8 Å². The van der Waals surface area contributed by atoms with Crippen molar-refractivity contribution in [2.75, 3.05) is 0 Å². The Morgan fingerprint density at radius 3 is 2.95 bits per heavy atom. The summed E-state index contributed by atoms with van der Waals surface area (Å²) < 4.78 is 0.838. The van der Waals surface area contributed by atoms with Crippen molar-refractivity contribution >= 4 is 33.7 Å². The smallest absolute Gasteiger partial charge is 0.0931 e. The maximum Gasteiger partial charge on any atom is 0.0931 e. The van der Waals surface area contributed by atoms with Crippen molar-refractivity contribution < 1.29 is 0 Å². The summed E-state index contributed by atoms with van der Waals surface area (Å²) in [6.45, 7) is 2.99. The van der Waals surface area contributed by atoms with Crippen LogP contribution in [0.1, 0.15) is 23.4 Å². The van der Waals surface area contributed by atoms with Crippen molar-refractivity contribution in [3.05, 3.63) is 63.6 Å². The van der Waals surface area contributed by atoms with E-state index in [2.05, 4.69) is 47.6 Å². The number of fused-ring (bicyclic) bond motifs is 1. The van der Waals surface area contributed by atoms with Gasteiger partial charge in [0.05, 0.1) is 4.34 Å². The molecular formula is C16H15ClN2S. The maximum absolute atomic E-state index is 5.98. The minimum absolute atomic E-state index is 0.296. The molecule has 0 saturated carbocycles. The van der Waals surface area contributed by atoms with E-state index in [1.54, 1.807) is 11.3 Å². The van der Waals surface area contributed by atoms with Crippen molar-refractivity contribution in [1.29, 1.82) is 0 Å². The first-order valence-electron chi connectivity index (χ1n) is 6.54. The van der Waals surface area contributed by atoms with E-state index in [0.717, 1.165) is 10.9 Å². The number of thiophene rings is 1. The van der Waals surface area contributed by atoms with Crippen molar-refractivity contribution in [1.82, 2.24) is 10.3 Å². The van der Waals surface area contributed by atoms with E-state index in [1.165, 1.54) is 21.2 Å². The lowest BCUT2D eigenvalue weighted by Crippen LogP contribution is -2.17. The van der Waals surface area contributed by atoms with Gasteiger partial charge in [0.1, 0.15) is 0 Å². The van der Waals surface area contributed by atoms with Gasteiger partial charge < -0.3 is 5.32 Å². The van der Waals surface area contributed by atoms with Crippen molar-refractivity contribution in [3.8, 4) is 0 Å². The molecule has 0 aliphatic rings. The summed E-state index contributed by atoms with van der Waals surface area (Å²) >= 11 is 7.61. The number of pyridine rings is 1. The minimum atomic E-state index is 0.296. The van der Waals surface area contributed by atoms with Crippen molar-refractivity contribution in [2.45, 2.75) is 19.5 Å². The largest absolute Gasteiger partial charge is 0.305 e. The lowest BCUT2D eigenvalue weighted by atomic mass is 10.1. The summed E-state index contributed by atoms with van der Waals surface area (Å²) in [4.78, 5) is 5.43. The minimum Gasteiger partial charge on any atom is -0.305 e. The van der Waals surface area contributed by atoms with Crippen LogP contribution in [-0.2, 0) is 6.54 Å². The van der Waals surface area contributed by atoms with E-state index in [4.69, 9.17) is 11.6 Å². The molecule has 0 aliphatic heterocycles. The number of nitrogens with one attached hydrogen (secondary N) is 1. The van der Waals surface area contributed by atoms with Gasteiger partial charge in [0.2, 0.25) is 0 Å². The molecule has 1 aromatic carbocycles. The molecule has 1 unspecified atom stereocenters. The number of aromatic nitrogens is 1. The molecular weight excluding hydrogens is 288 g/mol. The predicted molar refractivity (Wildman–Crippen MR) is 86.3 cm³/mol. The van der Waals surface area contributed by atoms with Gasteiger partial charge in [-0.25, -0.2) is 0 Å². The van der Waals surface area contributed by atoms with Gasteiger partial charge in [-0.2, -0.15) is 0 Å². The van der Waals surface area contributed by atoms with Gasteiger partial charge in [-0.05, 0) is 36.1 Å². The van der Waals surface area contributed by atoms with Gasteiger partial charge in [-0.1, -0.05) is 29.8 Å². The molecule has 0 saturated heterocycles. The highest BCUT2D eigenvalue weighted by Crippen LogP contribution is 2.27. The number of hydrogen-bond donors (Lipinski definition) is 1. The average Bonchev–Trinajstić information content (AvgIpc) is 2.91. The summed E-state index contributed by atoms with van der Waals surface area (Å²) in [7, 11) is 0. The summed E-state index contributed by atoms with van der Waals surface area (Å²) in [5.74, 6) is 0. The lowest BCUT2D eigenvalue weighted by molar-refractivity contribution is 0.585. The van der Waals surface area contributed by atoms with Gasteiger partial charge in [-0.3, -0.25) is 4.98 Å². The standard InChI is InChI=1S/C16H15ClN2S/c1-11(15-5-6-16(17)20-15)19-10-13-4-2-3-12-9-18-8-7-14(12)13/h2-9,11,19H,10H2,1H3. The number of halogens is 1. The zero-order valence-electron chi connectivity index (χ0n) is 11.1. The van der Waals surface area contributed by atoms with Crippen LogP contribution in [0.4, 0.5) is 0 Å². The Morgan fingerprint density at radius 2 is 2.15 bits per heavy atom. The first kappa shape index (κ1) is 13.6. The lowest BCUT2D eigenvalue weighted by Gasteiger charge is -2.13. The Kier molecular flexibility index (Phi) is 4.01. The van der Waals surface area contributed by atoms with E-state index in [9.17, 15) is 0 Å². The highest BCUT2D eigenvalue weighted by Gasteiger charge is 2.08. The zero-order valence-corrected chi connectivity index (χ0v) is 12.7. The van der Waals surface area contributed by atoms with E-state index < -0.39 is 0 Å². The molecule has 4 heteroatoms. The number of nitrogens with zero attached hydrogens (tertiary/aromatic N) is 1. The van der Waals surface area contributed by atoms with Crippen LogP contribution in [-0.4, -0.2) is 4.98 Å². The second-order valence-corrected chi connectivity index (χ2v) is 6.51. The zero-order chi connectivity index (χ0) is 13.9. The molecule has 3 aromatic rings. The highest BCUT2D eigenvalue weighted by molar-refractivity contribution is 7.16. The van der Waals surface area contributed by atoms with E-state index in [1.807, 2.05) is 18.5 Å². The SMILES string of the molecule is CC(NCc1cccc2cnccc12)c1ccc(Cl)s1. The quantitative estimate of drug-likeness (QED) is 0.749. The fourth-order valence-corrected chi connectivity index (χ4v) is 3.36. The normalized spacial score (nSPS) is 12.7. The number of benzene rings is 1. The topological polar surface area (TPSA) is 24.9 Å². The van der Waals surface area contributed by atoms with Crippen LogP contribution in [0.3, 0.4) is 0 Å². The van der Waals surface area contributed by atoms with Crippen LogP contribution in [0.5, 0.6) is 0 Å². The Bertz CT molecular complexity index is 718. The third kappa shape index (κ3) is 2.85. The summed E-state index contributed by atoms with van der Waals surface area (Å²) in [5.41, 5.74) is 1.29. The molecule has 1 N–H and O–H groups in total. The summed E-state index contributed by atoms with van der Waals surface area (Å²) in [6.07, 6.45) is 3.75. The molecule has 0 fully saturated rings. The molecule has 2 aromatic heterocycles. The fourth-order valence-electron chi connectivity index (χ4n) is 2.27. The Hall–Kier alpha value is -1.42. The van der Waals surface area contributed by atoms with E-state index >= 15 is 0 Å². The van der Waals surface area contributed by atoms with Crippen LogP contribution in [0.2, 0.25) is 4.34 Å². The van der Waals surface area contributed by atoms with Gasteiger partial charge in [0, 0.05) is 35.2 Å². The summed E-state index contributed by atoms with van der Waals surface area (Å²) in [6, 6.07) is 12.7. The molecule has 3 rings (SSSR count). The van der Waals surface area contributed by atoms with Crippen molar-refractivity contribution in [3.63, 3.8) is 0 Å². The molecule has 2 nitrogen and oxygen atoms in total. The molecule has 1 atom stereocenters. The maximum atomic E-state index is 5.98. The molecule has 2 heterocycles. The van der Waals surface area contributed by atoms with E-state index in [0.29, 0.717) is 6.04 Å². The molecule has 0 aliphatic carbocycles. The van der Waals surface area contributed by atoms with Crippen LogP contribution in [0, 0.1) is 0 Å². The fraction of sp³-hybridized carbons (Fsp3) is 0.188. The Morgan fingerprint density at radius 1 is 1.25 bits per heavy atom. The summed E-state index contributed by atoms with van der Waals surface area (Å²) in [5, 5.41) is 5.99. The molecule has 0 radical (unpaired) electrons.